The zero-order valence-corrected chi connectivity index (χ0v) is 26.5. The van der Waals surface area contributed by atoms with Crippen LogP contribution < -0.4 is 4.90 Å². The summed E-state index contributed by atoms with van der Waals surface area (Å²) in [6.45, 7) is 26.4. The topological polar surface area (TPSA) is 83.8 Å². The second kappa shape index (κ2) is 10.3. The number of rotatable bonds is 7. The van der Waals surface area contributed by atoms with E-state index in [2.05, 4.69) is 87.2 Å². The SMILES string of the molecule is CC(C)(C)[Si](C)(C)OC[C@H]1O[C@@H](n2cnc3c(N4CCOCC4)ncnc32)C[C@@H]1O[Si](C)(C)C(C)(C)C. The highest BCUT2D eigenvalue weighted by Crippen LogP contribution is 2.43. The summed E-state index contributed by atoms with van der Waals surface area (Å²) in [7, 11) is -3.95. The lowest BCUT2D eigenvalue weighted by molar-refractivity contribution is -0.0383. The molecule has 37 heavy (non-hydrogen) atoms. The third-order valence-electron chi connectivity index (χ3n) is 8.81. The first-order valence-electron chi connectivity index (χ1n) is 13.6. The van der Waals surface area contributed by atoms with Crippen molar-refractivity contribution in [1.29, 1.82) is 0 Å². The molecule has 208 valence electrons. The lowest BCUT2D eigenvalue weighted by atomic mass is 10.2. The molecular formula is C26H47N5O4Si2. The van der Waals surface area contributed by atoms with Crippen molar-refractivity contribution in [2.24, 2.45) is 0 Å². The van der Waals surface area contributed by atoms with E-state index in [4.69, 9.17) is 23.3 Å². The Bertz CT molecular complexity index is 1070. The van der Waals surface area contributed by atoms with Crippen molar-refractivity contribution in [2.75, 3.05) is 37.8 Å². The Labute approximate surface area is 224 Å². The molecule has 0 amide bonds. The van der Waals surface area contributed by atoms with Crippen LogP contribution in [-0.2, 0) is 18.3 Å². The summed E-state index contributed by atoms with van der Waals surface area (Å²) in [5.41, 5.74) is 1.59. The van der Waals surface area contributed by atoms with E-state index in [1.54, 1.807) is 6.33 Å². The van der Waals surface area contributed by atoms with Crippen molar-refractivity contribution < 1.29 is 18.3 Å². The minimum Gasteiger partial charge on any atom is -0.414 e. The molecule has 2 saturated heterocycles. The van der Waals surface area contributed by atoms with Gasteiger partial charge in [0.05, 0.1) is 32.3 Å². The molecule has 2 aromatic rings. The summed E-state index contributed by atoms with van der Waals surface area (Å²) in [5.74, 6) is 0.858. The molecule has 4 rings (SSSR count). The van der Waals surface area contributed by atoms with Gasteiger partial charge in [0.1, 0.15) is 18.7 Å². The van der Waals surface area contributed by atoms with Gasteiger partial charge >= 0.3 is 0 Å². The van der Waals surface area contributed by atoms with Crippen LogP contribution >= 0.6 is 0 Å². The summed E-state index contributed by atoms with van der Waals surface area (Å²) in [6.07, 6.45) is 3.79. The summed E-state index contributed by atoms with van der Waals surface area (Å²) in [6, 6.07) is 0. The van der Waals surface area contributed by atoms with Gasteiger partial charge in [-0.1, -0.05) is 41.5 Å². The molecule has 0 bridgehead atoms. The fourth-order valence-electron chi connectivity index (χ4n) is 4.26. The number of hydrogen-bond donors (Lipinski definition) is 0. The highest BCUT2D eigenvalue weighted by Gasteiger charge is 2.47. The highest BCUT2D eigenvalue weighted by molar-refractivity contribution is 6.74. The average molecular weight is 550 g/mol. The Morgan fingerprint density at radius 3 is 2.22 bits per heavy atom. The Kier molecular flexibility index (Phi) is 7.98. The van der Waals surface area contributed by atoms with Crippen LogP contribution in [-0.4, -0.2) is 81.3 Å². The molecule has 3 atom stereocenters. The van der Waals surface area contributed by atoms with Gasteiger partial charge in [-0.05, 0) is 36.3 Å². The Hall–Kier alpha value is -1.38. The van der Waals surface area contributed by atoms with Gasteiger partial charge in [-0.3, -0.25) is 4.57 Å². The molecule has 2 aromatic heterocycles. The lowest BCUT2D eigenvalue weighted by Gasteiger charge is -2.40. The molecule has 11 heteroatoms. The summed E-state index contributed by atoms with van der Waals surface area (Å²) >= 11 is 0. The van der Waals surface area contributed by atoms with Crippen LogP contribution in [0.3, 0.4) is 0 Å². The van der Waals surface area contributed by atoms with Gasteiger partial charge in [0.25, 0.3) is 0 Å². The first kappa shape index (κ1) is 28.6. The minimum absolute atomic E-state index is 0.0475. The van der Waals surface area contributed by atoms with Crippen molar-refractivity contribution in [2.45, 2.75) is 103 Å². The van der Waals surface area contributed by atoms with Crippen molar-refractivity contribution >= 4 is 33.6 Å². The van der Waals surface area contributed by atoms with Crippen LogP contribution in [0.15, 0.2) is 12.7 Å². The zero-order valence-electron chi connectivity index (χ0n) is 24.5. The number of hydrogen-bond acceptors (Lipinski definition) is 8. The molecule has 0 aliphatic carbocycles. The van der Waals surface area contributed by atoms with Crippen molar-refractivity contribution in [3.63, 3.8) is 0 Å². The molecule has 0 unspecified atom stereocenters. The molecule has 0 aromatic carbocycles. The normalized spacial score (nSPS) is 24.3. The number of nitrogens with zero attached hydrogens (tertiary/aromatic N) is 5. The Morgan fingerprint density at radius 2 is 1.59 bits per heavy atom. The molecule has 0 radical (unpaired) electrons. The highest BCUT2D eigenvalue weighted by atomic mass is 28.4. The molecule has 2 fully saturated rings. The first-order valence-corrected chi connectivity index (χ1v) is 19.4. The largest absolute Gasteiger partial charge is 0.414 e. The maximum atomic E-state index is 6.95. The monoisotopic (exact) mass is 549 g/mol. The molecule has 0 N–H and O–H groups in total. The van der Waals surface area contributed by atoms with Gasteiger partial charge < -0.3 is 23.2 Å². The summed E-state index contributed by atoms with van der Waals surface area (Å²) in [4.78, 5) is 16.1. The van der Waals surface area contributed by atoms with Gasteiger partial charge in [-0.15, -0.1) is 0 Å². The molecule has 4 heterocycles. The van der Waals surface area contributed by atoms with E-state index in [-0.39, 0.29) is 28.5 Å². The Balaban J connectivity index is 1.60. The van der Waals surface area contributed by atoms with Crippen LogP contribution in [0, 0.1) is 0 Å². The molecule has 0 saturated carbocycles. The fourth-order valence-corrected chi connectivity index (χ4v) is 6.64. The van der Waals surface area contributed by atoms with Gasteiger partial charge in [0.15, 0.2) is 33.6 Å². The third-order valence-corrected chi connectivity index (χ3v) is 17.8. The minimum atomic E-state index is -2.02. The maximum Gasteiger partial charge on any atom is 0.192 e. The third kappa shape index (κ3) is 5.96. The number of imidazole rings is 1. The van der Waals surface area contributed by atoms with E-state index in [9.17, 15) is 0 Å². The maximum absolute atomic E-state index is 6.95. The number of anilines is 1. The molecule has 0 spiro atoms. The number of fused-ring (bicyclic) bond motifs is 1. The summed E-state index contributed by atoms with van der Waals surface area (Å²) in [5, 5.41) is 0.242. The standard InChI is InChI=1S/C26H47N5O4Si2/c1-25(2,3)36(7,8)33-16-20-19(35-37(9,10)26(4,5)6)15-21(34-20)31-18-29-22-23(27-17-28-24(22)31)30-11-13-32-14-12-30/h17-21H,11-16H2,1-10H3/t19-,20+,21+/m0/s1. The van der Waals surface area contributed by atoms with Crippen molar-refractivity contribution in [1.82, 2.24) is 19.5 Å². The van der Waals surface area contributed by atoms with Crippen LogP contribution in [0.5, 0.6) is 0 Å². The smallest absolute Gasteiger partial charge is 0.192 e. The van der Waals surface area contributed by atoms with Crippen LogP contribution in [0.2, 0.25) is 36.3 Å². The molecule has 2 aliphatic rings. The average Bonchev–Trinajstić information content (AvgIpc) is 3.40. The second-order valence-electron chi connectivity index (χ2n) is 13.5. The lowest BCUT2D eigenvalue weighted by Crippen LogP contribution is -2.48. The zero-order chi connectivity index (χ0) is 27.2. The van der Waals surface area contributed by atoms with E-state index in [1.807, 2.05) is 6.33 Å². The molecule has 2 aliphatic heterocycles. The number of morpholine rings is 1. The van der Waals surface area contributed by atoms with Crippen molar-refractivity contribution in [3.05, 3.63) is 12.7 Å². The van der Waals surface area contributed by atoms with E-state index in [0.29, 0.717) is 19.8 Å². The Morgan fingerprint density at radius 1 is 0.946 bits per heavy atom. The van der Waals surface area contributed by atoms with E-state index in [1.165, 1.54) is 0 Å². The van der Waals surface area contributed by atoms with E-state index in [0.717, 1.165) is 36.5 Å². The van der Waals surface area contributed by atoms with Gasteiger partial charge in [0.2, 0.25) is 0 Å². The van der Waals surface area contributed by atoms with E-state index >= 15 is 0 Å². The molecular weight excluding hydrogens is 502 g/mol. The van der Waals surface area contributed by atoms with Gasteiger partial charge in [-0.2, -0.15) is 0 Å². The van der Waals surface area contributed by atoms with Crippen LogP contribution in [0.25, 0.3) is 11.2 Å². The quantitative estimate of drug-likeness (QED) is 0.427. The van der Waals surface area contributed by atoms with Crippen LogP contribution in [0.4, 0.5) is 5.82 Å². The van der Waals surface area contributed by atoms with Crippen LogP contribution in [0.1, 0.15) is 54.2 Å². The number of ether oxygens (including phenoxy) is 2. The number of aromatic nitrogens is 4. The molecule has 9 nitrogen and oxygen atoms in total. The van der Waals surface area contributed by atoms with Gasteiger partial charge in [-0.25, -0.2) is 15.0 Å². The fraction of sp³-hybridized carbons (Fsp3) is 0.808. The predicted molar refractivity (Wildman–Crippen MR) is 152 cm³/mol. The van der Waals surface area contributed by atoms with Crippen molar-refractivity contribution in [3.8, 4) is 0 Å². The summed E-state index contributed by atoms with van der Waals surface area (Å²) < 4.78 is 27.9. The first-order chi connectivity index (χ1) is 17.1. The van der Waals surface area contributed by atoms with E-state index < -0.39 is 16.6 Å². The second-order valence-corrected chi connectivity index (χ2v) is 23.0. The van der Waals surface area contributed by atoms with Gasteiger partial charge in [0, 0.05) is 19.5 Å². The predicted octanol–water partition coefficient (Wildman–Crippen LogP) is 5.36.